The van der Waals surface area contributed by atoms with E-state index in [2.05, 4.69) is 20.6 Å². The largest absolute Gasteiger partial charge is 0.433 e. The second kappa shape index (κ2) is 7.72. The molecule has 0 bridgehead atoms. The fourth-order valence-electron chi connectivity index (χ4n) is 2.56. The molecule has 1 N–H and O–H groups in total. The monoisotopic (exact) mass is 392 g/mol. The quantitative estimate of drug-likeness (QED) is 0.301. The van der Waals surface area contributed by atoms with E-state index in [-0.39, 0.29) is 11.6 Å². The minimum atomic E-state index is -0.627. The van der Waals surface area contributed by atoms with E-state index in [9.17, 15) is 14.5 Å². The van der Waals surface area contributed by atoms with Crippen molar-refractivity contribution in [3.63, 3.8) is 0 Å². The molecule has 0 spiro atoms. The number of hydrogen-bond donors (Lipinski definition) is 1. The van der Waals surface area contributed by atoms with Crippen LogP contribution >= 0.6 is 0 Å². The summed E-state index contributed by atoms with van der Waals surface area (Å²) in [5.74, 6) is -0.557. The molecule has 0 amide bonds. The van der Waals surface area contributed by atoms with Crippen molar-refractivity contribution in [2.75, 3.05) is 5.43 Å². The zero-order valence-electron chi connectivity index (χ0n) is 14.8. The first-order valence-corrected chi connectivity index (χ1v) is 8.39. The molecule has 10 heteroatoms. The highest BCUT2D eigenvalue weighted by atomic mass is 19.1. The summed E-state index contributed by atoms with van der Waals surface area (Å²) in [5.41, 5.74) is 5.01. The van der Waals surface area contributed by atoms with Crippen molar-refractivity contribution < 1.29 is 13.7 Å². The summed E-state index contributed by atoms with van der Waals surface area (Å²) < 4.78 is 20.0. The van der Waals surface area contributed by atoms with Crippen LogP contribution in [0.15, 0.2) is 76.6 Å². The van der Waals surface area contributed by atoms with Crippen LogP contribution in [0.3, 0.4) is 0 Å². The van der Waals surface area contributed by atoms with Crippen LogP contribution in [0, 0.1) is 15.9 Å². The molecule has 0 unspecified atom stereocenters. The Balaban J connectivity index is 1.70. The van der Waals surface area contributed by atoms with Gasteiger partial charge < -0.3 is 4.42 Å². The molecule has 0 aliphatic rings. The van der Waals surface area contributed by atoms with Gasteiger partial charge in [-0.2, -0.15) is 10.2 Å². The maximum Gasteiger partial charge on any atom is 0.433 e. The SMILES string of the molecule is O=[N+]([O-])c1ccc(-c2nn(-c3ccc(F)cc3)cc2C=NNc2cccnc2)o1. The Labute approximate surface area is 163 Å². The van der Waals surface area contributed by atoms with Gasteiger partial charge in [-0.05, 0) is 42.5 Å². The molecule has 0 radical (unpaired) electrons. The third-order valence-corrected chi connectivity index (χ3v) is 3.90. The molecule has 29 heavy (non-hydrogen) atoms. The Hall–Kier alpha value is -4.34. The van der Waals surface area contributed by atoms with E-state index in [4.69, 9.17) is 4.42 Å². The average molecular weight is 392 g/mol. The van der Waals surface area contributed by atoms with Gasteiger partial charge in [-0.3, -0.25) is 20.5 Å². The van der Waals surface area contributed by atoms with Crippen molar-refractivity contribution in [1.29, 1.82) is 0 Å². The number of furan rings is 1. The van der Waals surface area contributed by atoms with Crippen LogP contribution in [0.25, 0.3) is 17.1 Å². The number of aromatic nitrogens is 3. The zero-order valence-corrected chi connectivity index (χ0v) is 14.8. The zero-order chi connectivity index (χ0) is 20.2. The van der Waals surface area contributed by atoms with Crippen molar-refractivity contribution in [1.82, 2.24) is 14.8 Å². The number of hydrazone groups is 1. The molecular formula is C19H13FN6O3. The lowest BCUT2D eigenvalue weighted by Crippen LogP contribution is -1.94. The van der Waals surface area contributed by atoms with Crippen molar-refractivity contribution in [2.45, 2.75) is 0 Å². The highest BCUT2D eigenvalue weighted by Gasteiger charge is 2.19. The van der Waals surface area contributed by atoms with Crippen molar-refractivity contribution in [3.05, 3.63) is 88.6 Å². The molecule has 0 fully saturated rings. The maximum atomic E-state index is 13.2. The third kappa shape index (κ3) is 4.00. The van der Waals surface area contributed by atoms with Crippen molar-refractivity contribution in [2.24, 2.45) is 5.10 Å². The summed E-state index contributed by atoms with van der Waals surface area (Å²) in [6.45, 7) is 0. The molecule has 144 valence electrons. The molecule has 3 aromatic heterocycles. The van der Waals surface area contributed by atoms with Gasteiger partial charge in [0.2, 0.25) is 0 Å². The lowest BCUT2D eigenvalue weighted by Gasteiger charge is -1.99. The van der Waals surface area contributed by atoms with Crippen LogP contribution in [0.2, 0.25) is 0 Å². The van der Waals surface area contributed by atoms with Gasteiger partial charge in [0.1, 0.15) is 16.4 Å². The van der Waals surface area contributed by atoms with E-state index in [1.165, 1.54) is 35.2 Å². The Morgan fingerprint density at radius 3 is 2.72 bits per heavy atom. The molecular weight excluding hydrogens is 379 g/mol. The fraction of sp³-hybridized carbons (Fsp3) is 0. The van der Waals surface area contributed by atoms with E-state index in [0.717, 1.165) is 0 Å². The van der Waals surface area contributed by atoms with E-state index < -0.39 is 10.8 Å². The first-order chi connectivity index (χ1) is 14.1. The molecule has 4 aromatic rings. The maximum absolute atomic E-state index is 13.2. The lowest BCUT2D eigenvalue weighted by atomic mass is 10.2. The molecule has 0 atom stereocenters. The van der Waals surface area contributed by atoms with E-state index >= 15 is 0 Å². The summed E-state index contributed by atoms with van der Waals surface area (Å²) in [6, 6.07) is 12.0. The Kier molecular flexibility index (Phi) is 4.81. The van der Waals surface area contributed by atoms with Gasteiger partial charge in [0, 0.05) is 18.0 Å². The minimum Gasteiger partial charge on any atom is -0.399 e. The predicted octanol–water partition coefficient (Wildman–Crippen LogP) is 4.02. The Bertz CT molecular complexity index is 1170. The number of nitro groups is 1. The number of pyridine rings is 1. The number of rotatable bonds is 6. The average Bonchev–Trinajstić information content (AvgIpc) is 3.37. The van der Waals surface area contributed by atoms with Crippen LogP contribution in [-0.2, 0) is 0 Å². The van der Waals surface area contributed by atoms with Crippen LogP contribution in [0.5, 0.6) is 0 Å². The van der Waals surface area contributed by atoms with Crippen molar-refractivity contribution >= 4 is 17.8 Å². The first-order valence-electron chi connectivity index (χ1n) is 8.39. The van der Waals surface area contributed by atoms with E-state index in [0.29, 0.717) is 22.6 Å². The van der Waals surface area contributed by atoms with Crippen LogP contribution in [0.1, 0.15) is 5.56 Å². The van der Waals surface area contributed by atoms with Gasteiger partial charge in [0.15, 0.2) is 5.76 Å². The molecule has 0 aliphatic heterocycles. The fourth-order valence-corrected chi connectivity index (χ4v) is 2.56. The van der Waals surface area contributed by atoms with Crippen LogP contribution < -0.4 is 5.43 Å². The normalized spacial score (nSPS) is 11.1. The third-order valence-electron chi connectivity index (χ3n) is 3.90. The number of anilines is 1. The Morgan fingerprint density at radius 1 is 1.21 bits per heavy atom. The second-order valence-electron chi connectivity index (χ2n) is 5.86. The molecule has 1 aromatic carbocycles. The van der Waals surface area contributed by atoms with Gasteiger partial charge in [-0.1, -0.05) is 0 Å². The summed E-state index contributed by atoms with van der Waals surface area (Å²) >= 11 is 0. The molecule has 9 nitrogen and oxygen atoms in total. The van der Waals surface area contributed by atoms with Gasteiger partial charge in [0.25, 0.3) is 0 Å². The van der Waals surface area contributed by atoms with Gasteiger partial charge in [-0.15, -0.1) is 0 Å². The van der Waals surface area contributed by atoms with E-state index in [1.54, 1.807) is 42.9 Å². The van der Waals surface area contributed by atoms with Crippen LogP contribution in [-0.4, -0.2) is 25.9 Å². The molecule has 0 saturated carbocycles. The number of nitrogens with one attached hydrogen (secondary N) is 1. The van der Waals surface area contributed by atoms with Crippen LogP contribution in [0.4, 0.5) is 16.0 Å². The molecule has 4 rings (SSSR count). The minimum absolute atomic E-state index is 0.209. The van der Waals surface area contributed by atoms with Gasteiger partial charge >= 0.3 is 5.88 Å². The summed E-state index contributed by atoms with van der Waals surface area (Å²) in [5, 5.41) is 19.5. The number of benzene rings is 1. The second-order valence-corrected chi connectivity index (χ2v) is 5.86. The number of hydrogen-bond acceptors (Lipinski definition) is 7. The van der Waals surface area contributed by atoms with E-state index in [1.807, 2.05) is 0 Å². The molecule has 3 heterocycles. The highest BCUT2D eigenvalue weighted by molar-refractivity contribution is 5.88. The molecule has 0 aliphatic carbocycles. The summed E-state index contributed by atoms with van der Waals surface area (Å²) in [6.07, 6.45) is 6.41. The predicted molar refractivity (Wildman–Crippen MR) is 103 cm³/mol. The standard InChI is InChI=1S/C19H13FN6O3/c20-14-3-5-16(6-4-14)25-12-13(10-22-23-15-2-1-9-21-11-15)19(24-25)17-7-8-18(29-17)26(27)28/h1-12,23H. The summed E-state index contributed by atoms with van der Waals surface area (Å²) in [4.78, 5) is 14.3. The molecule has 0 saturated heterocycles. The lowest BCUT2D eigenvalue weighted by molar-refractivity contribution is -0.401. The topological polar surface area (TPSA) is 111 Å². The van der Waals surface area contributed by atoms with Crippen molar-refractivity contribution in [3.8, 4) is 17.1 Å². The Morgan fingerprint density at radius 2 is 2.03 bits per heavy atom. The smallest absolute Gasteiger partial charge is 0.399 e. The van der Waals surface area contributed by atoms with Gasteiger partial charge in [-0.25, -0.2) is 9.07 Å². The summed E-state index contributed by atoms with van der Waals surface area (Å²) in [7, 11) is 0. The first kappa shape index (κ1) is 18.0. The number of nitrogens with zero attached hydrogens (tertiary/aromatic N) is 5. The van der Waals surface area contributed by atoms with Gasteiger partial charge in [0.05, 0.1) is 29.9 Å². The number of halogens is 1. The highest BCUT2D eigenvalue weighted by Crippen LogP contribution is 2.28.